The number of hydrogen-bond donors (Lipinski definition) is 0. The molecule has 2 aliphatic carbocycles. The van der Waals surface area contributed by atoms with E-state index in [1.807, 2.05) is 0 Å². The van der Waals surface area contributed by atoms with E-state index >= 15 is 0 Å². The lowest BCUT2D eigenvalue weighted by Crippen LogP contribution is -2.41. The van der Waals surface area contributed by atoms with Gasteiger partial charge in [-0.25, -0.2) is 0 Å². The molecular weight excluding hydrogens is 234 g/mol. The van der Waals surface area contributed by atoms with Crippen molar-refractivity contribution < 1.29 is 4.74 Å². The van der Waals surface area contributed by atoms with Gasteiger partial charge in [-0.2, -0.15) is 0 Å². The van der Waals surface area contributed by atoms with Gasteiger partial charge in [-0.05, 0) is 56.6 Å². The first-order chi connectivity index (χ1) is 9.04. The third-order valence-corrected chi connectivity index (χ3v) is 4.29. The van der Waals surface area contributed by atoms with E-state index in [4.69, 9.17) is 4.74 Å². The van der Waals surface area contributed by atoms with Gasteiger partial charge in [0.25, 0.3) is 0 Å². The maximum atomic E-state index is 5.83. The Labute approximate surface area is 119 Å². The zero-order valence-corrected chi connectivity index (χ0v) is 13.2. The molecule has 0 aliphatic heterocycles. The molecule has 0 aromatic rings. The quantitative estimate of drug-likeness (QED) is 0.683. The maximum absolute atomic E-state index is 5.83. The molecule has 0 radical (unpaired) electrons. The van der Waals surface area contributed by atoms with Crippen LogP contribution in [0.4, 0.5) is 0 Å². The van der Waals surface area contributed by atoms with Crippen LogP contribution in [0.5, 0.6) is 0 Å². The van der Waals surface area contributed by atoms with Gasteiger partial charge in [0.2, 0.25) is 0 Å². The van der Waals surface area contributed by atoms with Crippen LogP contribution in [-0.2, 0) is 4.74 Å². The number of rotatable bonds is 7. The minimum Gasteiger partial charge on any atom is -0.498 e. The molecule has 2 aliphatic rings. The van der Waals surface area contributed by atoms with Gasteiger partial charge in [0, 0.05) is 19.0 Å². The Morgan fingerprint density at radius 3 is 2.63 bits per heavy atom. The van der Waals surface area contributed by atoms with Gasteiger partial charge in [-0.3, -0.25) is 4.90 Å². The Bertz CT molecular complexity index is 317. The summed E-state index contributed by atoms with van der Waals surface area (Å²) in [7, 11) is 0. The second-order valence-electron chi connectivity index (χ2n) is 7.12. The van der Waals surface area contributed by atoms with Gasteiger partial charge in [0.05, 0.1) is 12.4 Å². The first kappa shape index (κ1) is 14.9. The van der Waals surface area contributed by atoms with Crippen molar-refractivity contribution in [2.75, 3.05) is 19.7 Å². The fraction of sp³-hybridized carbons (Fsp3) is 0.882. The van der Waals surface area contributed by atoms with Crippen LogP contribution in [-0.4, -0.2) is 30.6 Å². The van der Waals surface area contributed by atoms with Crippen molar-refractivity contribution in [1.82, 2.24) is 4.90 Å². The Kier molecular flexibility index (Phi) is 4.94. The van der Waals surface area contributed by atoms with Gasteiger partial charge < -0.3 is 4.74 Å². The van der Waals surface area contributed by atoms with Gasteiger partial charge >= 0.3 is 0 Å². The standard InChI is InChI=1S/C17H31NO/c1-5-9-18(13-14-7-8-14)15-10-16(19-6-2)12-17(3,4)11-15/h10,14-15H,5-9,11-13H2,1-4H3. The lowest BCUT2D eigenvalue weighted by Gasteiger charge is -2.40. The van der Waals surface area contributed by atoms with E-state index in [-0.39, 0.29) is 0 Å². The molecule has 0 spiro atoms. The Morgan fingerprint density at radius 2 is 2.05 bits per heavy atom. The Morgan fingerprint density at radius 1 is 1.32 bits per heavy atom. The molecule has 19 heavy (non-hydrogen) atoms. The number of hydrogen-bond acceptors (Lipinski definition) is 2. The minimum absolute atomic E-state index is 0.374. The molecule has 1 atom stereocenters. The van der Waals surface area contributed by atoms with Gasteiger partial charge in [0.15, 0.2) is 0 Å². The summed E-state index contributed by atoms with van der Waals surface area (Å²) in [5, 5.41) is 0. The molecule has 0 amide bonds. The summed E-state index contributed by atoms with van der Waals surface area (Å²) >= 11 is 0. The summed E-state index contributed by atoms with van der Waals surface area (Å²) < 4.78 is 5.83. The highest BCUT2D eigenvalue weighted by molar-refractivity contribution is 5.10. The molecule has 0 saturated heterocycles. The largest absolute Gasteiger partial charge is 0.498 e. The highest BCUT2D eigenvalue weighted by atomic mass is 16.5. The second kappa shape index (κ2) is 6.30. The predicted molar refractivity (Wildman–Crippen MR) is 81.1 cm³/mol. The van der Waals surface area contributed by atoms with Crippen molar-refractivity contribution in [2.45, 2.75) is 65.8 Å². The lowest BCUT2D eigenvalue weighted by atomic mass is 9.77. The highest BCUT2D eigenvalue weighted by Crippen LogP contribution is 2.39. The summed E-state index contributed by atoms with van der Waals surface area (Å²) in [6, 6.07) is 0.589. The molecule has 0 bridgehead atoms. The third-order valence-electron chi connectivity index (χ3n) is 4.29. The normalized spacial score (nSPS) is 26.4. The zero-order valence-electron chi connectivity index (χ0n) is 13.2. The fourth-order valence-electron chi connectivity index (χ4n) is 3.27. The first-order valence-corrected chi connectivity index (χ1v) is 8.11. The summed E-state index contributed by atoms with van der Waals surface area (Å²) in [4.78, 5) is 2.71. The van der Waals surface area contributed by atoms with Crippen LogP contribution >= 0.6 is 0 Å². The third kappa shape index (κ3) is 4.52. The van der Waals surface area contributed by atoms with Crippen LogP contribution < -0.4 is 0 Å². The van der Waals surface area contributed by atoms with E-state index in [1.165, 1.54) is 44.5 Å². The van der Waals surface area contributed by atoms with E-state index in [0.717, 1.165) is 18.9 Å². The summed E-state index contributed by atoms with van der Waals surface area (Å²) in [5.74, 6) is 2.20. The Hall–Kier alpha value is -0.500. The van der Waals surface area contributed by atoms with Crippen molar-refractivity contribution in [3.05, 3.63) is 11.8 Å². The van der Waals surface area contributed by atoms with Crippen LogP contribution in [0.15, 0.2) is 11.8 Å². The van der Waals surface area contributed by atoms with Crippen molar-refractivity contribution in [3.63, 3.8) is 0 Å². The number of allylic oxidation sites excluding steroid dienone is 1. The van der Waals surface area contributed by atoms with E-state index in [0.29, 0.717) is 11.5 Å². The molecule has 2 nitrogen and oxygen atoms in total. The maximum Gasteiger partial charge on any atom is 0.0940 e. The molecule has 2 heteroatoms. The molecular formula is C17H31NO. The molecule has 0 aromatic heterocycles. The predicted octanol–water partition coefficient (Wildman–Crippen LogP) is 4.22. The van der Waals surface area contributed by atoms with Crippen LogP contribution in [0, 0.1) is 11.3 Å². The van der Waals surface area contributed by atoms with E-state index < -0.39 is 0 Å². The van der Waals surface area contributed by atoms with E-state index in [9.17, 15) is 0 Å². The number of nitrogens with zero attached hydrogens (tertiary/aromatic N) is 1. The topological polar surface area (TPSA) is 12.5 Å². The molecule has 0 aromatic carbocycles. The SMILES string of the molecule is CCCN(CC1CC1)C1C=C(OCC)CC(C)(C)C1. The van der Waals surface area contributed by atoms with Crippen molar-refractivity contribution in [1.29, 1.82) is 0 Å². The lowest BCUT2D eigenvalue weighted by molar-refractivity contribution is 0.113. The first-order valence-electron chi connectivity index (χ1n) is 8.11. The van der Waals surface area contributed by atoms with Crippen LogP contribution in [0.1, 0.15) is 59.8 Å². The van der Waals surface area contributed by atoms with Gasteiger partial charge in [-0.1, -0.05) is 20.8 Å². The minimum atomic E-state index is 0.374. The van der Waals surface area contributed by atoms with Crippen molar-refractivity contribution in [3.8, 4) is 0 Å². The fourth-order valence-corrected chi connectivity index (χ4v) is 3.27. The molecule has 0 heterocycles. The molecule has 1 unspecified atom stereocenters. The van der Waals surface area contributed by atoms with E-state index in [2.05, 4.69) is 38.7 Å². The van der Waals surface area contributed by atoms with Crippen LogP contribution in [0.25, 0.3) is 0 Å². The van der Waals surface area contributed by atoms with Gasteiger partial charge in [-0.15, -0.1) is 0 Å². The second-order valence-corrected chi connectivity index (χ2v) is 7.12. The Balaban J connectivity index is 2.06. The van der Waals surface area contributed by atoms with E-state index in [1.54, 1.807) is 0 Å². The average Bonchev–Trinajstić information content (AvgIpc) is 3.10. The molecule has 1 saturated carbocycles. The van der Waals surface area contributed by atoms with Crippen molar-refractivity contribution in [2.24, 2.45) is 11.3 Å². The molecule has 1 fully saturated rings. The van der Waals surface area contributed by atoms with Gasteiger partial charge in [0.1, 0.15) is 0 Å². The summed E-state index contributed by atoms with van der Waals surface area (Å²) in [6.45, 7) is 12.5. The smallest absolute Gasteiger partial charge is 0.0940 e. The molecule has 2 rings (SSSR count). The molecule has 110 valence electrons. The highest BCUT2D eigenvalue weighted by Gasteiger charge is 2.34. The van der Waals surface area contributed by atoms with Crippen LogP contribution in [0.3, 0.4) is 0 Å². The average molecular weight is 265 g/mol. The zero-order chi connectivity index (χ0) is 13.9. The monoisotopic (exact) mass is 265 g/mol. The summed E-state index contributed by atoms with van der Waals surface area (Å²) in [6.07, 6.45) is 8.92. The van der Waals surface area contributed by atoms with Crippen LogP contribution in [0.2, 0.25) is 0 Å². The molecule has 0 N–H and O–H groups in total. The van der Waals surface area contributed by atoms with Crippen molar-refractivity contribution >= 4 is 0 Å². The summed E-state index contributed by atoms with van der Waals surface area (Å²) in [5.41, 5.74) is 0.374. The number of ether oxygens (including phenoxy) is 1.